The summed E-state index contributed by atoms with van der Waals surface area (Å²) in [6.07, 6.45) is -1.71. The minimum absolute atomic E-state index is 0.512. The molecular weight excluding hydrogens is 244 g/mol. The largest absolute Gasteiger partial charge is 0.479 e. The van der Waals surface area contributed by atoms with E-state index in [2.05, 4.69) is 0 Å². The molecule has 0 aromatic rings. The lowest BCUT2D eigenvalue weighted by atomic mass is 10.3. The van der Waals surface area contributed by atoms with Crippen molar-refractivity contribution in [1.29, 1.82) is 0 Å². The second-order valence-electron chi connectivity index (χ2n) is 2.06. The highest BCUT2D eigenvalue weighted by atomic mass is 35.6. The third-order valence-electron chi connectivity index (χ3n) is 0.998. The Hall–Kier alpha value is -0.230. The number of aliphatic hydroxyl groups is 1. The topological polar surface area (TPSA) is 86.6 Å². The van der Waals surface area contributed by atoms with E-state index in [0.717, 1.165) is 0 Å². The van der Waals surface area contributed by atoms with Crippen molar-refractivity contribution in [2.45, 2.75) is 9.90 Å². The van der Waals surface area contributed by atoms with E-state index < -0.39 is 28.3 Å². The summed E-state index contributed by atoms with van der Waals surface area (Å²) in [7, 11) is 0. The van der Waals surface area contributed by atoms with Crippen molar-refractivity contribution in [3.05, 3.63) is 0 Å². The third kappa shape index (κ3) is 5.15. The lowest BCUT2D eigenvalue weighted by molar-refractivity contribution is -0.146. The molecule has 0 radical (unpaired) electrons. The highest BCUT2D eigenvalue weighted by Crippen LogP contribution is 2.25. The molecule has 0 aromatic carbocycles. The van der Waals surface area contributed by atoms with Gasteiger partial charge in [-0.3, -0.25) is 4.79 Å². The van der Waals surface area contributed by atoms with E-state index in [9.17, 15) is 9.59 Å². The van der Waals surface area contributed by atoms with E-state index in [1.165, 1.54) is 0 Å². The predicted octanol–water partition coefficient (Wildman–Crippen LogP) is -0.0817. The van der Waals surface area contributed by atoms with E-state index >= 15 is 0 Å². The number of carboxylic acids is 1. The van der Waals surface area contributed by atoms with Crippen LogP contribution in [0.5, 0.6) is 0 Å². The summed E-state index contributed by atoms with van der Waals surface area (Å²) in [6.45, 7) is -0.512. The first-order valence-electron chi connectivity index (χ1n) is 3.01. The first-order valence-corrected chi connectivity index (χ1v) is 4.14. The van der Waals surface area contributed by atoms with Crippen molar-refractivity contribution in [3.63, 3.8) is 0 Å². The minimum Gasteiger partial charge on any atom is -0.479 e. The molecule has 0 saturated carbocycles. The number of carbonyl (C=O) groups is 2. The molecule has 13 heavy (non-hydrogen) atoms. The Kier molecular flexibility index (Phi) is 4.77. The molecule has 1 atom stereocenters. The van der Waals surface area contributed by atoms with Gasteiger partial charge in [0.2, 0.25) is 0 Å². The smallest absolute Gasteiger partial charge is 0.334 e. The molecule has 0 aromatic heterocycles. The van der Waals surface area contributed by atoms with E-state index in [0.29, 0.717) is 0 Å². The van der Waals surface area contributed by atoms with Crippen molar-refractivity contribution >= 4 is 46.7 Å². The number of carbonyl (C=O) groups excluding carboxylic acids is 1. The van der Waals surface area contributed by atoms with Crippen molar-refractivity contribution in [3.8, 4) is 0 Å². The zero-order valence-electron chi connectivity index (χ0n) is 6.13. The van der Waals surface area contributed by atoms with Crippen molar-refractivity contribution in [1.82, 2.24) is 5.32 Å². The Morgan fingerprint density at radius 1 is 1.38 bits per heavy atom. The number of halogens is 3. The number of alkyl halides is 3. The van der Waals surface area contributed by atoms with Crippen molar-refractivity contribution < 1.29 is 19.8 Å². The third-order valence-corrected chi connectivity index (χ3v) is 1.51. The van der Waals surface area contributed by atoms with Gasteiger partial charge in [0.15, 0.2) is 6.10 Å². The second-order valence-corrected chi connectivity index (χ2v) is 4.34. The van der Waals surface area contributed by atoms with Gasteiger partial charge < -0.3 is 15.5 Å². The fourth-order valence-electron chi connectivity index (χ4n) is 0.377. The Morgan fingerprint density at radius 2 is 1.85 bits per heavy atom. The molecule has 8 heteroatoms. The Bertz CT molecular complexity index is 214. The summed E-state index contributed by atoms with van der Waals surface area (Å²) in [5.41, 5.74) is 0. The van der Waals surface area contributed by atoms with Crippen LogP contribution in [0.4, 0.5) is 0 Å². The van der Waals surface area contributed by atoms with Crippen LogP contribution in [-0.2, 0) is 9.59 Å². The van der Waals surface area contributed by atoms with Gasteiger partial charge in [0.1, 0.15) is 0 Å². The summed E-state index contributed by atoms with van der Waals surface area (Å²) in [5, 5.41) is 18.8. The number of nitrogens with one attached hydrogen (secondary N) is 1. The van der Waals surface area contributed by atoms with Crippen molar-refractivity contribution in [2.24, 2.45) is 0 Å². The van der Waals surface area contributed by atoms with Crippen LogP contribution >= 0.6 is 34.8 Å². The number of aliphatic carboxylic acids is 1. The highest BCUT2D eigenvalue weighted by Gasteiger charge is 2.31. The lowest BCUT2D eigenvalue weighted by Gasteiger charge is -2.12. The van der Waals surface area contributed by atoms with Crippen LogP contribution in [0.3, 0.4) is 0 Å². The Morgan fingerprint density at radius 3 is 2.15 bits per heavy atom. The van der Waals surface area contributed by atoms with Crippen LogP contribution in [0.2, 0.25) is 0 Å². The van der Waals surface area contributed by atoms with Gasteiger partial charge in [-0.15, -0.1) is 0 Å². The molecule has 76 valence electrons. The quantitative estimate of drug-likeness (QED) is 0.611. The maximum Gasteiger partial charge on any atom is 0.334 e. The van der Waals surface area contributed by atoms with E-state index in [4.69, 9.17) is 45.0 Å². The number of rotatable bonds is 3. The fraction of sp³-hybridized carbons (Fsp3) is 0.600. The molecule has 0 spiro atoms. The average molecular weight is 250 g/mol. The van der Waals surface area contributed by atoms with Crippen molar-refractivity contribution in [2.75, 3.05) is 6.54 Å². The molecule has 0 aliphatic rings. The zero-order valence-corrected chi connectivity index (χ0v) is 8.40. The summed E-state index contributed by atoms with van der Waals surface area (Å²) < 4.78 is -2.15. The molecule has 0 heterocycles. The monoisotopic (exact) mass is 249 g/mol. The van der Waals surface area contributed by atoms with Crippen LogP contribution in [0.15, 0.2) is 0 Å². The Labute approximate surface area is 88.6 Å². The molecule has 1 amide bonds. The fourth-order valence-corrected chi connectivity index (χ4v) is 0.577. The molecule has 0 fully saturated rings. The number of hydrogen-bond donors (Lipinski definition) is 3. The molecule has 0 bridgehead atoms. The van der Waals surface area contributed by atoms with E-state index in [-0.39, 0.29) is 0 Å². The molecule has 0 unspecified atom stereocenters. The van der Waals surface area contributed by atoms with E-state index in [1.807, 2.05) is 5.32 Å². The van der Waals surface area contributed by atoms with Gasteiger partial charge in [0.05, 0.1) is 6.54 Å². The number of carboxylic acid groups (broad SMARTS) is 1. The van der Waals surface area contributed by atoms with Crippen LogP contribution in [0, 0.1) is 0 Å². The molecule has 3 N–H and O–H groups in total. The lowest BCUT2D eigenvalue weighted by Crippen LogP contribution is -2.41. The minimum atomic E-state index is -2.15. The van der Waals surface area contributed by atoms with Crippen LogP contribution in [0.25, 0.3) is 0 Å². The SMILES string of the molecule is O=C(O)[C@@H](O)CNC(=O)C(Cl)(Cl)Cl. The molecule has 5 nitrogen and oxygen atoms in total. The summed E-state index contributed by atoms with van der Waals surface area (Å²) in [6, 6.07) is 0. The van der Waals surface area contributed by atoms with Crippen LogP contribution in [0.1, 0.15) is 0 Å². The molecule has 0 aliphatic heterocycles. The van der Waals surface area contributed by atoms with Crippen LogP contribution in [-0.4, -0.2) is 38.5 Å². The van der Waals surface area contributed by atoms with Crippen LogP contribution < -0.4 is 5.32 Å². The maximum atomic E-state index is 10.8. The van der Waals surface area contributed by atoms with Gasteiger partial charge in [-0.1, -0.05) is 34.8 Å². The summed E-state index contributed by atoms with van der Waals surface area (Å²) in [5.74, 6) is -2.46. The maximum absolute atomic E-state index is 10.8. The molecule has 0 aliphatic carbocycles. The first kappa shape index (κ1) is 12.8. The van der Waals surface area contributed by atoms with Gasteiger partial charge in [0.25, 0.3) is 9.70 Å². The van der Waals surface area contributed by atoms with Gasteiger partial charge in [-0.2, -0.15) is 0 Å². The number of hydrogen-bond acceptors (Lipinski definition) is 3. The number of aliphatic hydroxyl groups excluding tert-OH is 1. The molecule has 0 rings (SSSR count). The summed E-state index contributed by atoms with van der Waals surface area (Å²) in [4.78, 5) is 20.8. The average Bonchev–Trinajstić information content (AvgIpc) is 1.97. The standard InChI is InChI=1S/C5H6Cl3NO4/c6-5(7,8)4(13)9-1-2(10)3(11)12/h2,10H,1H2,(H,9,13)(H,11,12)/t2-/m0/s1. The van der Waals surface area contributed by atoms with E-state index in [1.54, 1.807) is 0 Å². The van der Waals surface area contributed by atoms with Gasteiger partial charge >= 0.3 is 5.97 Å². The highest BCUT2D eigenvalue weighted by molar-refractivity contribution is 6.76. The van der Waals surface area contributed by atoms with Gasteiger partial charge in [-0.25, -0.2) is 4.79 Å². The number of amides is 1. The van der Waals surface area contributed by atoms with Gasteiger partial charge in [0, 0.05) is 0 Å². The Balaban J connectivity index is 3.91. The normalized spacial score (nSPS) is 13.5. The van der Waals surface area contributed by atoms with Gasteiger partial charge in [-0.05, 0) is 0 Å². The second kappa shape index (κ2) is 4.85. The summed E-state index contributed by atoms with van der Waals surface area (Å²) >= 11 is 15.4. The molecular formula is C5H6Cl3NO4. The zero-order chi connectivity index (χ0) is 10.6. The first-order chi connectivity index (χ1) is 5.75. The molecule has 0 saturated heterocycles. The predicted molar refractivity (Wildman–Crippen MR) is 46.9 cm³/mol.